The van der Waals surface area contributed by atoms with E-state index in [0.717, 1.165) is 0 Å². The molecule has 1 rings (SSSR count). The summed E-state index contributed by atoms with van der Waals surface area (Å²) in [6.07, 6.45) is 5.35. The van der Waals surface area contributed by atoms with Crippen molar-refractivity contribution in [3.63, 3.8) is 0 Å². The molecule has 0 aliphatic carbocycles. The number of likely N-dealkylation sites (N-methyl/N-ethyl adjacent to an activating group) is 1. The first kappa shape index (κ1) is 16.4. The van der Waals surface area contributed by atoms with Gasteiger partial charge in [-0.25, -0.2) is 9.36 Å². The van der Waals surface area contributed by atoms with Gasteiger partial charge in [0.25, 0.3) is 6.33 Å². The first-order chi connectivity index (χ1) is 7.69. The third kappa shape index (κ3) is 5.03. The van der Waals surface area contributed by atoms with E-state index in [1.807, 2.05) is 31.7 Å². The molecular weight excluding hydrogens is 333 g/mol. The van der Waals surface area contributed by atoms with Gasteiger partial charge in [0.05, 0.1) is 13.7 Å². The van der Waals surface area contributed by atoms with Gasteiger partial charge in [-0.15, -0.1) is 0 Å². The molecule has 0 radical (unpaired) electrons. The standard InChI is InChI=1S/C11H20N3O2.HI/c1-4-13(8-9-16-5-2)11(15)14-7-6-12(3)10-14;/h6-7,10H,4-5,8-9H2,1-3H3;1H/q+1;/p-1. The molecule has 0 unspecified atom stereocenters. The summed E-state index contributed by atoms with van der Waals surface area (Å²) in [6.45, 7) is 6.50. The Morgan fingerprint density at radius 1 is 1.47 bits per heavy atom. The second-order valence-electron chi connectivity index (χ2n) is 3.55. The van der Waals surface area contributed by atoms with Gasteiger partial charge in [-0.2, -0.15) is 4.57 Å². The average molecular weight is 353 g/mol. The maximum Gasteiger partial charge on any atom is 0.415 e. The van der Waals surface area contributed by atoms with Crippen molar-refractivity contribution < 1.29 is 38.1 Å². The zero-order chi connectivity index (χ0) is 12.0. The van der Waals surface area contributed by atoms with Gasteiger partial charge in [-0.1, -0.05) is 0 Å². The van der Waals surface area contributed by atoms with Gasteiger partial charge in [0.2, 0.25) is 0 Å². The minimum absolute atomic E-state index is 0. The monoisotopic (exact) mass is 353 g/mol. The second kappa shape index (κ2) is 8.46. The minimum Gasteiger partial charge on any atom is -1.00 e. The lowest BCUT2D eigenvalue weighted by Crippen LogP contribution is -3.00. The van der Waals surface area contributed by atoms with Crippen LogP contribution in [0.2, 0.25) is 0 Å². The number of hydrogen-bond acceptors (Lipinski definition) is 2. The van der Waals surface area contributed by atoms with Gasteiger partial charge >= 0.3 is 6.03 Å². The Hall–Kier alpha value is -0.630. The van der Waals surface area contributed by atoms with Crippen LogP contribution in [0.15, 0.2) is 18.7 Å². The normalized spacial score (nSPS) is 9.82. The summed E-state index contributed by atoms with van der Waals surface area (Å²) < 4.78 is 8.67. The molecule has 6 heteroatoms. The number of aromatic nitrogens is 2. The van der Waals surface area contributed by atoms with E-state index < -0.39 is 0 Å². The molecule has 0 saturated carbocycles. The highest BCUT2D eigenvalue weighted by atomic mass is 127. The Bertz CT molecular complexity index is 341. The number of nitrogens with zero attached hydrogens (tertiary/aromatic N) is 3. The molecule has 0 saturated heterocycles. The van der Waals surface area contributed by atoms with Gasteiger partial charge in [-0.05, 0) is 13.8 Å². The van der Waals surface area contributed by atoms with Crippen LogP contribution in [0, 0.1) is 0 Å². The number of imidazole rings is 1. The van der Waals surface area contributed by atoms with Crippen molar-refractivity contribution in [3.8, 4) is 0 Å². The van der Waals surface area contributed by atoms with Crippen LogP contribution in [-0.2, 0) is 11.8 Å². The molecule has 0 spiro atoms. The number of rotatable bonds is 5. The Kier molecular flexibility index (Phi) is 8.15. The van der Waals surface area contributed by atoms with Crippen LogP contribution in [-0.4, -0.2) is 41.8 Å². The maximum absolute atomic E-state index is 12.0. The van der Waals surface area contributed by atoms with E-state index >= 15 is 0 Å². The van der Waals surface area contributed by atoms with Crippen molar-refractivity contribution in [1.29, 1.82) is 0 Å². The Morgan fingerprint density at radius 2 is 2.18 bits per heavy atom. The molecule has 0 aliphatic rings. The summed E-state index contributed by atoms with van der Waals surface area (Å²) in [5.74, 6) is 0. The predicted octanol–water partition coefficient (Wildman–Crippen LogP) is -2.36. The number of hydrogen-bond donors (Lipinski definition) is 0. The SMILES string of the molecule is CCOCCN(CC)C(=O)n1cc[n+](C)c1.[I-]. The largest absolute Gasteiger partial charge is 1.00 e. The van der Waals surface area contributed by atoms with Gasteiger partial charge in [-0.3, -0.25) is 0 Å². The molecule has 0 fully saturated rings. The number of aryl methyl sites for hydroxylation is 1. The molecule has 0 bridgehead atoms. The second-order valence-corrected chi connectivity index (χ2v) is 3.55. The fourth-order valence-corrected chi connectivity index (χ4v) is 1.43. The topological polar surface area (TPSA) is 38.4 Å². The van der Waals surface area contributed by atoms with E-state index in [1.165, 1.54) is 0 Å². The van der Waals surface area contributed by atoms with Crippen LogP contribution in [0.4, 0.5) is 4.79 Å². The molecule has 1 aromatic heterocycles. The molecule has 0 atom stereocenters. The molecule has 1 heterocycles. The van der Waals surface area contributed by atoms with E-state index in [-0.39, 0.29) is 30.0 Å². The first-order valence-corrected chi connectivity index (χ1v) is 5.59. The Labute approximate surface area is 119 Å². The summed E-state index contributed by atoms with van der Waals surface area (Å²) in [4.78, 5) is 13.8. The lowest BCUT2D eigenvalue weighted by atomic mass is 10.5. The highest BCUT2D eigenvalue weighted by molar-refractivity contribution is 5.76. The third-order valence-electron chi connectivity index (χ3n) is 2.35. The number of amides is 1. The van der Waals surface area contributed by atoms with Gasteiger partial charge in [0.15, 0.2) is 0 Å². The Balaban J connectivity index is 0.00000256. The van der Waals surface area contributed by atoms with Crippen LogP contribution >= 0.6 is 0 Å². The van der Waals surface area contributed by atoms with E-state index in [1.54, 1.807) is 22.0 Å². The van der Waals surface area contributed by atoms with Crippen molar-refractivity contribution in [1.82, 2.24) is 9.47 Å². The summed E-state index contributed by atoms with van der Waals surface area (Å²) >= 11 is 0. The van der Waals surface area contributed by atoms with Crippen molar-refractivity contribution in [3.05, 3.63) is 18.7 Å². The van der Waals surface area contributed by atoms with Crippen LogP contribution in [0.5, 0.6) is 0 Å². The molecule has 1 amide bonds. The lowest BCUT2D eigenvalue weighted by Gasteiger charge is -2.17. The molecule has 0 N–H and O–H groups in total. The summed E-state index contributed by atoms with van der Waals surface area (Å²) in [5, 5.41) is 0. The van der Waals surface area contributed by atoms with Crippen molar-refractivity contribution in [2.75, 3.05) is 26.3 Å². The van der Waals surface area contributed by atoms with E-state index in [0.29, 0.717) is 26.3 Å². The number of carbonyl (C=O) groups excluding carboxylic acids is 1. The number of carbonyl (C=O) groups is 1. The molecule has 98 valence electrons. The average Bonchev–Trinajstić information content (AvgIpc) is 2.70. The van der Waals surface area contributed by atoms with Gasteiger partial charge in [0.1, 0.15) is 12.4 Å². The Morgan fingerprint density at radius 3 is 2.65 bits per heavy atom. The van der Waals surface area contributed by atoms with Crippen LogP contribution in [0.25, 0.3) is 0 Å². The van der Waals surface area contributed by atoms with E-state index in [4.69, 9.17) is 4.74 Å². The minimum atomic E-state index is -0.0113. The van der Waals surface area contributed by atoms with E-state index in [2.05, 4.69) is 0 Å². The first-order valence-electron chi connectivity index (χ1n) is 5.59. The lowest BCUT2D eigenvalue weighted by molar-refractivity contribution is -0.670. The number of ether oxygens (including phenoxy) is 1. The zero-order valence-electron chi connectivity index (χ0n) is 10.6. The maximum atomic E-state index is 12.0. The van der Waals surface area contributed by atoms with Crippen molar-refractivity contribution >= 4 is 6.03 Å². The summed E-state index contributed by atoms with van der Waals surface area (Å²) in [6, 6.07) is -0.0113. The van der Waals surface area contributed by atoms with Gasteiger partial charge in [0, 0.05) is 19.7 Å². The highest BCUT2D eigenvalue weighted by Gasteiger charge is 2.18. The highest BCUT2D eigenvalue weighted by Crippen LogP contribution is 1.95. The predicted molar refractivity (Wildman–Crippen MR) is 60.1 cm³/mol. The molecule has 5 nitrogen and oxygen atoms in total. The quantitative estimate of drug-likeness (QED) is 0.338. The van der Waals surface area contributed by atoms with Crippen LogP contribution in [0.3, 0.4) is 0 Å². The van der Waals surface area contributed by atoms with Crippen LogP contribution < -0.4 is 28.5 Å². The zero-order valence-corrected chi connectivity index (χ0v) is 12.8. The molecule has 0 aromatic carbocycles. The smallest absolute Gasteiger partial charge is 0.415 e. The van der Waals surface area contributed by atoms with Crippen LogP contribution in [0.1, 0.15) is 13.8 Å². The van der Waals surface area contributed by atoms with E-state index in [9.17, 15) is 4.79 Å². The summed E-state index contributed by atoms with van der Waals surface area (Å²) in [5.41, 5.74) is 0. The summed E-state index contributed by atoms with van der Waals surface area (Å²) in [7, 11) is 1.89. The molecule has 1 aromatic rings. The third-order valence-corrected chi connectivity index (χ3v) is 2.35. The van der Waals surface area contributed by atoms with Gasteiger partial charge < -0.3 is 33.6 Å². The van der Waals surface area contributed by atoms with Crippen molar-refractivity contribution in [2.45, 2.75) is 13.8 Å². The number of halogens is 1. The van der Waals surface area contributed by atoms with Crippen molar-refractivity contribution in [2.24, 2.45) is 7.05 Å². The molecule has 0 aliphatic heterocycles. The molecular formula is C11H20IN3O2. The fraction of sp³-hybridized carbons (Fsp3) is 0.636. The fourth-order valence-electron chi connectivity index (χ4n) is 1.43. The molecule has 17 heavy (non-hydrogen) atoms.